The van der Waals surface area contributed by atoms with Gasteiger partial charge in [0.2, 0.25) is 0 Å². The molecule has 1 aromatic rings. The maximum absolute atomic E-state index is 11.3. The third kappa shape index (κ3) is 3.64. The average molecular weight is 267 g/mol. The van der Waals surface area contributed by atoms with Crippen molar-refractivity contribution in [3.8, 4) is 0 Å². The van der Waals surface area contributed by atoms with Crippen LogP contribution in [-0.2, 0) is 16.4 Å². The van der Waals surface area contributed by atoms with Crippen molar-refractivity contribution in [1.82, 2.24) is 5.32 Å². The molecule has 1 saturated heterocycles. The zero-order valence-corrected chi connectivity index (χ0v) is 11.6. The SMILES string of the molecule is CC(O)(CNC1CCS(=O)CC1)c1ccccc1. The van der Waals surface area contributed by atoms with E-state index < -0.39 is 16.4 Å². The largest absolute Gasteiger partial charge is 0.384 e. The molecule has 0 aromatic heterocycles. The Bertz CT molecular complexity index is 396. The Labute approximate surface area is 111 Å². The summed E-state index contributed by atoms with van der Waals surface area (Å²) in [6.45, 7) is 2.37. The normalized spacial score (nSPS) is 27.7. The van der Waals surface area contributed by atoms with Gasteiger partial charge in [0.1, 0.15) is 0 Å². The van der Waals surface area contributed by atoms with Crippen LogP contribution in [0, 0.1) is 0 Å². The van der Waals surface area contributed by atoms with Crippen LogP contribution in [0.2, 0.25) is 0 Å². The van der Waals surface area contributed by atoms with Gasteiger partial charge in [-0.3, -0.25) is 4.21 Å². The molecular formula is C14H21NO2S. The average Bonchev–Trinajstić information content (AvgIpc) is 2.39. The van der Waals surface area contributed by atoms with Crippen LogP contribution in [0.5, 0.6) is 0 Å². The van der Waals surface area contributed by atoms with Crippen molar-refractivity contribution in [2.75, 3.05) is 18.1 Å². The second-order valence-electron chi connectivity index (χ2n) is 5.14. The molecule has 1 aliphatic heterocycles. The van der Waals surface area contributed by atoms with Gasteiger partial charge in [0.15, 0.2) is 0 Å². The van der Waals surface area contributed by atoms with Gasteiger partial charge >= 0.3 is 0 Å². The summed E-state index contributed by atoms with van der Waals surface area (Å²) in [5.74, 6) is 1.57. The maximum atomic E-state index is 11.3. The Morgan fingerprint density at radius 2 is 1.94 bits per heavy atom. The molecular weight excluding hydrogens is 246 g/mol. The predicted octanol–water partition coefficient (Wildman–Crippen LogP) is 1.39. The Morgan fingerprint density at radius 1 is 1.33 bits per heavy atom. The molecule has 1 aliphatic rings. The molecule has 1 atom stereocenters. The van der Waals surface area contributed by atoms with Crippen LogP contribution in [0.25, 0.3) is 0 Å². The van der Waals surface area contributed by atoms with E-state index in [0.717, 1.165) is 29.9 Å². The van der Waals surface area contributed by atoms with Crippen LogP contribution >= 0.6 is 0 Å². The van der Waals surface area contributed by atoms with E-state index in [2.05, 4.69) is 5.32 Å². The third-order valence-electron chi connectivity index (χ3n) is 3.52. The van der Waals surface area contributed by atoms with Crippen LogP contribution in [0.15, 0.2) is 30.3 Å². The highest BCUT2D eigenvalue weighted by Gasteiger charge is 2.25. The van der Waals surface area contributed by atoms with Crippen molar-refractivity contribution in [2.24, 2.45) is 0 Å². The highest BCUT2D eigenvalue weighted by atomic mass is 32.2. The van der Waals surface area contributed by atoms with Crippen LogP contribution in [0.4, 0.5) is 0 Å². The topological polar surface area (TPSA) is 49.3 Å². The quantitative estimate of drug-likeness (QED) is 0.867. The molecule has 4 heteroatoms. The van der Waals surface area contributed by atoms with Gasteiger partial charge in [0, 0.05) is 34.9 Å². The molecule has 1 aromatic carbocycles. The highest BCUT2D eigenvalue weighted by Crippen LogP contribution is 2.20. The van der Waals surface area contributed by atoms with Gasteiger partial charge in [-0.2, -0.15) is 0 Å². The van der Waals surface area contributed by atoms with E-state index in [0.29, 0.717) is 12.6 Å². The van der Waals surface area contributed by atoms with Gasteiger partial charge in [0.05, 0.1) is 5.60 Å². The smallest absolute Gasteiger partial charge is 0.0992 e. The molecule has 100 valence electrons. The molecule has 1 heterocycles. The number of hydrogen-bond donors (Lipinski definition) is 2. The van der Waals surface area contributed by atoms with E-state index in [1.165, 1.54) is 0 Å². The molecule has 0 spiro atoms. The predicted molar refractivity (Wildman–Crippen MR) is 74.9 cm³/mol. The summed E-state index contributed by atoms with van der Waals surface area (Å²) < 4.78 is 11.3. The Balaban J connectivity index is 1.87. The standard InChI is InChI=1S/C14H21NO2S/c1-14(16,12-5-3-2-4-6-12)11-15-13-7-9-18(17)10-8-13/h2-6,13,15-16H,7-11H2,1H3. The van der Waals surface area contributed by atoms with Crippen molar-refractivity contribution in [3.05, 3.63) is 35.9 Å². The van der Waals surface area contributed by atoms with Gasteiger partial charge in [-0.25, -0.2) is 0 Å². The zero-order valence-electron chi connectivity index (χ0n) is 10.8. The molecule has 0 bridgehead atoms. The lowest BCUT2D eigenvalue weighted by Gasteiger charge is -2.29. The first-order chi connectivity index (χ1) is 8.58. The van der Waals surface area contributed by atoms with E-state index in [9.17, 15) is 9.32 Å². The summed E-state index contributed by atoms with van der Waals surface area (Å²) >= 11 is 0. The van der Waals surface area contributed by atoms with E-state index in [1.807, 2.05) is 37.3 Å². The minimum Gasteiger partial charge on any atom is -0.384 e. The highest BCUT2D eigenvalue weighted by molar-refractivity contribution is 7.85. The first-order valence-electron chi connectivity index (χ1n) is 6.44. The molecule has 0 saturated carbocycles. The molecule has 2 N–H and O–H groups in total. The van der Waals surface area contributed by atoms with Gasteiger partial charge < -0.3 is 10.4 Å². The monoisotopic (exact) mass is 267 g/mol. The second-order valence-corrected chi connectivity index (χ2v) is 6.84. The Hall–Kier alpha value is -0.710. The first kappa shape index (κ1) is 13.7. The molecule has 3 nitrogen and oxygen atoms in total. The number of rotatable bonds is 4. The fraction of sp³-hybridized carbons (Fsp3) is 0.571. The Kier molecular flexibility index (Phi) is 4.54. The summed E-state index contributed by atoms with van der Waals surface area (Å²) in [7, 11) is -0.624. The fourth-order valence-corrected chi connectivity index (χ4v) is 3.54. The molecule has 2 rings (SSSR count). The molecule has 18 heavy (non-hydrogen) atoms. The minimum atomic E-state index is -0.849. The van der Waals surface area contributed by atoms with Gasteiger partial charge in [-0.15, -0.1) is 0 Å². The minimum absolute atomic E-state index is 0.387. The van der Waals surface area contributed by atoms with Crippen molar-refractivity contribution < 1.29 is 9.32 Å². The molecule has 1 unspecified atom stereocenters. The maximum Gasteiger partial charge on any atom is 0.0992 e. The lowest BCUT2D eigenvalue weighted by Crippen LogP contribution is -2.43. The van der Waals surface area contributed by atoms with Gasteiger partial charge in [-0.05, 0) is 25.3 Å². The molecule has 1 fully saturated rings. The van der Waals surface area contributed by atoms with E-state index >= 15 is 0 Å². The zero-order chi connectivity index (χ0) is 13.0. The Morgan fingerprint density at radius 3 is 2.56 bits per heavy atom. The second kappa shape index (κ2) is 5.95. The first-order valence-corrected chi connectivity index (χ1v) is 7.93. The number of nitrogens with one attached hydrogen (secondary N) is 1. The van der Waals surface area contributed by atoms with E-state index in [-0.39, 0.29) is 0 Å². The number of hydrogen-bond acceptors (Lipinski definition) is 3. The van der Waals surface area contributed by atoms with E-state index in [1.54, 1.807) is 0 Å². The number of aliphatic hydroxyl groups is 1. The van der Waals surface area contributed by atoms with Crippen LogP contribution < -0.4 is 5.32 Å². The van der Waals surface area contributed by atoms with Crippen LogP contribution in [-0.4, -0.2) is 33.4 Å². The fourth-order valence-electron chi connectivity index (χ4n) is 2.24. The summed E-state index contributed by atoms with van der Waals surface area (Å²) in [5, 5.41) is 13.8. The lowest BCUT2D eigenvalue weighted by molar-refractivity contribution is 0.0534. The van der Waals surface area contributed by atoms with Crippen LogP contribution in [0.3, 0.4) is 0 Å². The van der Waals surface area contributed by atoms with Gasteiger partial charge in [0.25, 0.3) is 0 Å². The molecule has 0 aliphatic carbocycles. The molecule has 0 amide bonds. The summed E-state index contributed by atoms with van der Waals surface area (Å²) in [6.07, 6.45) is 1.88. The van der Waals surface area contributed by atoms with Crippen molar-refractivity contribution in [3.63, 3.8) is 0 Å². The van der Waals surface area contributed by atoms with Crippen molar-refractivity contribution in [1.29, 1.82) is 0 Å². The molecule has 0 radical (unpaired) electrons. The van der Waals surface area contributed by atoms with Crippen molar-refractivity contribution >= 4 is 10.8 Å². The summed E-state index contributed by atoms with van der Waals surface area (Å²) in [6, 6.07) is 10.1. The lowest BCUT2D eigenvalue weighted by atomic mass is 9.95. The number of benzene rings is 1. The third-order valence-corrected chi connectivity index (χ3v) is 4.90. The van der Waals surface area contributed by atoms with E-state index in [4.69, 9.17) is 0 Å². The summed E-state index contributed by atoms with van der Waals surface area (Å²) in [5.41, 5.74) is 0.0783. The summed E-state index contributed by atoms with van der Waals surface area (Å²) in [4.78, 5) is 0. The van der Waals surface area contributed by atoms with Crippen molar-refractivity contribution in [2.45, 2.75) is 31.4 Å². The van der Waals surface area contributed by atoms with Gasteiger partial charge in [-0.1, -0.05) is 30.3 Å². The van der Waals surface area contributed by atoms with Crippen LogP contribution in [0.1, 0.15) is 25.3 Å².